The molecule has 1 aliphatic heterocycles. The van der Waals surface area contributed by atoms with E-state index in [9.17, 15) is 9.59 Å². The summed E-state index contributed by atoms with van der Waals surface area (Å²) in [5.74, 6) is -0.0585. The van der Waals surface area contributed by atoms with Crippen molar-refractivity contribution >= 4 is 11.9 Å². The van der Waals surface area contributed by atoms with Gasteiger partial charge in [-0.05, 0) is 44.2 Å². The van der Waals surface area contributed by atoms with Crippen LogP contribution in [0.1, 0.15) is 61.7 Å². The number of hydrogen-bond donors (Lipinski definition) is 2. The van der Waals surface area contributed by atoms with Crippen molar-refractivity contribution < 1.29 is 14.3 Å². The minimum absolute atomic E-state index is 0.0432. The third-order valence-corrected chi connectivity index (χ3v) is 6.14. The molecule has 1 aliphatic carbocycles. The van der Waals surface area contributed by atoms with Crippen LogP contribution in [-0.4, -0.2) is 55.2 Å². The molecule has 0 atom stereocenters. The van der Waals surface area contributed by atoms with Crippen LogP contribution in [0.5, 0.6) is 0 Å². The van der Waals surface area contributed by atoms with Crippen LogP contribution in [-0.2, 0) is 4.74 Å². The van der Waals surface area contributed by atoms with Gasteiger partial charge in [-0.3, -0.25) is 4.79 Å². The first-order valence-corrected chi connectivity index (χ1v) is 10.5. The second kappa shape index (κ2) is 9.92. The molecule has 0 aromatic heterocycles. The highest BCUT2D eigenvalue weighted by Gasteiger charge is 2.37. The average Bonchev–Trinajstić information content (AvgIpc) is 2.74. The van der Waals surface area contributed by atoms with Crippen LogP contribution >= 0.6 is 0 Å². The predicted octanol–water partition coefficient (Wildman–Crippen LogP) is 3.33. The fourth-order valence-corrected chi connectivity index (χ4v) is 4.29. The van der Waals surface area contributed by atoms with Crippen LogP contribution in [0.15, 0.2) is 30.3 Å². The van der Waals surface area contributed by atoms with E-state index in [1.807, 2.05) is 35.2 Å². The van der Waals surface area contributed by atoms with Gasteiger partial charge >= 0.3 is 6.03 Å². The zero-order valence-electron chi connectivity index (χ0n) is 16.9. The van der Waals surface area contributed by atoms with Crippen molar-refractivity contribution in [2.24, 2.45) is 0 Å². The Morgan fingerprint density at radius 1 is 1.11 bits per heavy atom. The molecule has 2 N–H and O–H groups in total. The lowest BCUT2D eigenvalue weighted by Gasteiger charge is -2.42. The van der Waals surface area contributed by atoms with Crippen LogP contribution in [0.2, 0.25) is 0 Å². The van der Waals surface area contributed by atoms with E-state index in [0.29, 0.717) is 31.3 Å². The third-order valence-electron chi connectivity index (χ3n) is 6.14. The largest absolute Gasteiger partial charge is 0.385 e. The summed E-state index contributed by atoms with van der Waals surface area (Å²) in [6.45, 7) is 1.89. The van der Waals surface area contributed by atoms with Gasteiger partial charge in [0.05, 0.1) is 0 Å². The Kier molecular flexibility index (Phi) is 7.31. The first kappa shape index (κ1) is 20.6. The number of likely N-dealkylation sites (tertiary alicyclic amines) is 1. The molecule has 2 fully saturated rings. The van der Waals surface area contributed by atoms with Gasteiger partial charge in [-0.1, -0.05) is 37.5 Å². The number of amides is 3. The molecule has 28 heavy (non-hydrogen) atoms. The van der Waals surface area contributed by atoms with Crippen LogP contribution in [0.3, 0.4) is 0 Å². The number of carbonyl (C=O) groups excluding carboxylic acids is 2. The zero-order chi connectivity index (χ0) is 19.8. The van der Waals surface area contributed by atoms with Gasteiger partial charge in [-0.25, -0.2) is 4.79 Å². The summed E-state index contributed by atoms with van der Waals surface area (Å²) in [6, 6.07) is 9.66. The van der Waals surface area contributed by atoms with E-state index < -0.39 is 0 Å². The Morgan fingerprint density at radius 3 is 2.43 bits per heavy atom. The SMILES string of the molecule is COCCC1(NC(=O)c2ccccc2)CCN(C(=O)NC2CCCCC2)CC1. The van der Waals surface area contributed by atoms with Gasteiger partial charge < -0.3 is 20.3 Å². The molecule has 0 unspecified atom stereocenters. The van der Waals surface area contributed by atoms with E-state index in [4.69, 9.17) is 4.74 Å². The van der Waals surface area contributed by atoms with E-state index in [0.717, 1.165) is 32.1 Å². The monoisotopic (exact) mass is 387 g/mol. The van der Waals surface area contributed by atoms with Crippen molar-refractivity contribution in [3.8, 4) is 0 Å². The number of hydrogen-bond acceptors (Lipinski definition) is 3. The number of methoxy groups -OCH3 is 1. The van der Waals surface area contributed by atoms with Crippen molar-refractivity contribution in [2.45, 2.75) is 62.9 Å². The molecule has 2 aliphatic rings. The van der Waals surface area contributed by atoms with Gasteiger partial charge in [0, 0.05) is 44.0 Å². The second-order valence-corrected chi connectivity index (χ2v) is 8.11. The molecule has 1 aromatic carbocycles. The number of ether oxygens (including phenoxy) is 1. The summed E-state index contributed by atoms with van der Waals surface area (Å²) in [5.41, 5.74) is 0.335. The standard InChI is InChI=1S/C22H33N3O3/c1-28-17-14-22(24-20(26)18-8-4-2-5-9-18)12-15-25(16-13-22)21(27)23-19-10-6-3-7-11-19/h2,4-5,8-9,19H,3,6-7,10-17H2,1H3,(H,23,27)(H,24,26). The molecule has 0 bridgehead atoms. The fraction of sp³-hybridized carbons (Fsp3) is 0.636. The second-order valence-electron chi connectivity index (χ2n) is 8.11. The Bertz CT molecular complexity index is 636. The maximum atomic E-state index is 12.7. The van der Waals surface area contributed by atoms with E-state index in [-0.39, 0.29) is 17.5 Å². The molecular weight excluding hydrogens is 354 g/mol. The molecule has 1 saturated carbocycles. The van der Waals surface area contributed by atoms with Crippen LogP contribution < -0.4 is 10.6 Å². The van der Waals surface area contributed by atoms with Gasteiger partial charge in [0.1, 0.15) is 0 Å². The topological polar surface area (TPSA) is 70.7 Å². The van der Waals surface area contributed by atoms with Crippen LogP contribution in [0.4, 0.5) is 4.79 Å². The van der Waals surface area contributed by atoms with Gasteiger partial charge in [0.25, 0.3) is 5.91 Å². The smallest absolute Gasteiger partial charge is 0.317 e. The summed E-state index contributed by atoms with van der Waals surface area (Å²) in [4.78, 5) is 27.2. The highest BCUT2D eigenvalue weighted by Crippen LogP contribution is 2.27. The summed E-state index contributed by atoms with van der Waals surface area (Å²) < 4.78 is 5.29. The van der Waals surface area contributed by atoms with Gasteiger partial charge in [0.15, 0.2) is 0 Å². The normalized spacial score (nSPS) is 19.8. The van der Waals surface area contributed by atoms with E-state index in [1.54, 1.807) is 7.11 Å². The molecule has 0 spiro atoms. The molecule has 6 heteroatoms. The highest BCUT2D eigenvalue weighted by molar-refractivity contribution is 5.94. The first-order valence-electron chi connectivity index (χ1n) is 10.5. The van der Waals surface area contributed by atoms with Crippen molar-refractivity contribution in [3.05, 3.63) is 35.9 Å². The Hall–Kier alpha value is -2.08. The van der Waals surface area contributed by atoms with Gasteiger partial charge in [-0.15, -0.1) is 0 Å². The van der Waals surface area contributed by atoms with E-state index >= 15 is 0 Å². The fourth-order valence-electron chi connectivity index (χ4n) is 4.29. The van der Waals surface area contributed by atoms with Crippen molar-refractivity contribution in [3.63, 3.8) is 0 Å². The number of nitrogens with zero attached hydrogens (tertiary/aromatic N) is 1. The molecule has 0 radical (unpaired) electrons. The Balaban J connectivity index is 1.57. The predicted molar refractivity (Wildman–Crippen MR) is 109 cm³/mol. The molecule has 1 aromatic rings. The summed E-state index contributed by atoms with van der Waals surface area (Å²) >= 11 is 0. The Morgan fingerprint density at radius 2 is 1.79 bits per heavy atom. The van der Waals surface area contributed by atoms with Gasteiger partial charge in [0.2, 0.25) is 0 Å². The lowest BCUT2D eigenvalue weighted by Crippen LogP contribution is -2.58. The van der Waals surface area contributed by atoms with E-state index in [1.165, 1.54) is 19.3 Å². The number of piperidine rings is 1. The van der Waals surface area contributed by atoms with Crippen LogP contribution in [0, 0.1) is 0 Å². The molecule has 3 amide bonds. The minimum Gasteiger partial charge on any atom is -0.385 e. The first-order chi connectivity index (χ1) is 13.6. The molecule has 3 rings (SSSR count). The Labute approximate surface area is 168 Å². The zero-order valence-corrected chi connectivity index (χ0v) is 16.9. The molecule has 154 valence electrons. The van der Waals surface area contributed by atoms with Gasteiger partial charge in [-0.2, -0.15) is 0 Å². The number of rotatable bonds is 6. The van der Waals surface area contributed by atoms with E-state index in [2.05, 4.69) is 10.6 Å². The molecule has 6 nitrogen and oxygen atoms in total. The number of carbonyl (C=O) groups is 2. The summed E-state index contributed by atoms with van der Waals surface area (Å²) in [7, 11) is 1.68. The lowest BCUT2D eigenvalue weighted by molar-refractivity contribution is 0.0743. The molecule has 1 heterocycles. The van der Waals surface area contributed by atoms with Crippen LogP contribution in [0.25, 0.3) is 0 Å². The number of benzene rings is 1. The average molecular weight is 388 g/mol. The number of nitrogens with one attached hydrogen (secondary N) is 2. The summed E-state index contributed by atoms with van der Waals surface area (Å²) in [5, 5.41) is 6.45. The molecule has 1 saturated heterocycles. The lowest BCUT2D eigenvalue weighted by atomic mass is 9.84. The quantitative estimate of drug-likeness (QED) is 0.787. The van der Waals surface area contributed by atoms with Crippen molar-refractivity contribution in [1.29, 1.82) is 0 Å². The highest BCUT2D eigenvalue weighted by atomic mass is 16.5. The van der Waals surface area contributed by atoms with Crippen molar-refractivity contribution in [2.75, 3.05) is 26.8 Å². The maximum Gasteiger partial charge on any atom is 0.317 e. The summed E-state index contributed by atoms with van der Waals surface area (Å²) in [6.07, 6.45) is 8.10. The minimum atomic E-state index is -0.329. The third kappa shape index (κ3) is 5.47. The molecular formula is C22H33N3O3. The number of urea groups is 1. The van der Waals surface area contributed by atoms with Crippen molar-refractivity contribution in [1.82, 2.24) is 15.5 Å². The maximum absolute atomic E-state index is 12.7.